The summed E-state index contributed by atoms with van der Waals surface area (Å²) in [5, 5.41) is 13.4. The van der Waals surface area contributed by atoms with Gasteiger partial charge in [-0.05, 0) is 26.8 Å². The largest absolute Gasteiger partial charge is 0.323 e. The third-order valence-corrected chi connectivity index (χ3v) is 6.60. The van der Waals surface area contributed by atoms with Gasteiger partial charge in [-0.25, -0.2) is 9.37 Å². The SMILES string of the molecule is CN(CC(=O)N1C[C@@H](F)CC1C#N)[C@@]1(C)CCC[C@@]1(C)Cn1cncn1. The fourth-order valence-electron chi connectivity index (χ4n) is 4.62. The van der Waals surface area contributed by atoms with Gasteiger partial charge in [-0.2, -0.15) is 10.4 Å². The molecule has 1 unspecified atom stereocenters. The van der Waals surface area contributed by atoms with E-state index in [2.05, 4.69) is 34.9 Å². The van der Waals surface area contributed by atoms with E-state index in [1.807, 2.05) is 11.7 Å². The highest BCUT2D eigenvalue weighted by atomic mass is 19.1. The average molecular weight is 362 g/mol. The molecule has 2 aliphatic rings. The van der Waals surface area contributed by atoms with E-state index in [1.165, 1.54) is 11.2 Å². The van der Waals surface area contributed by atoms with Gasteiger partial charge in [0.25, 0.3) is 0 Å². The number of alkyl halides is 1. The van der Waals surface area contributed by atoms with Crippen LogP contribution in [0, 0.1) is 16.7 Å². The van der Waals surface area contributed by atoms with E-state index in [4.69, 9.17) is 0 Å². The van der Waals surface area contributed by atoms with Gasteiger partial charge in [0.1, 0.15) is 24.9 Å². The Labute approximate surface area is 153 Å². The summed E-state index contributed by atoms with van der Waals surface area (Å²) in [6.07, 6.45) is 5.37. The van der Waals surface area contributed by atoms with E-state index in [0.29, 0.717) is 0 Å². The molecular weight excluding hydrogens is 335 g/mol. The van der Waals surface area contributed by atoms with Crippen molar-refractivity contribution in [3.05, 3.63) is 12.7 Å². The van der Waals surface area contributed by atoms with Gasteiger partial charge >= 0.3 is 0 Å². The van der Waals surface area contributed by atoms with Crippen molar-refractivity contribution in [2.75, 3.05) is 20.1 Å². The number of rotatable bonds is 5. The normalized spacial score (nSPS) is 34.4. The summed E-state index contributed by atoms with van der Waals surface area (Å²) in [4.78, 5) is 20.2. The van der Waals surface area contributed by atoms with Crippen LogP contribution in [0.25, 0.3) is 0 Å². The lowest BCUT2D eigenvalue weighted by atomic mass is 9.73. The van der Waals surface area contributed by atoms with Crippen LogP contribution in [-0.2, 0) is 11.3 Å². The first-order valence-electron chi connectivity index (χ1n) is 9.16. The molecule has 1 aliphatic carbocycles. The predicted molar refractivity (Wildman–Crippen MR) is 93.6 cm³/mol. The molecule has 0 N–H and O–H groups in total. The quantitative estimate of drug-likeness (QED) is 0.795. The summed E-state index contributed by atoms with van der Waals surface area (Å²) in [6, 6.07) is 1.40. The maximum Gasteiger partial charge on any atom is 0.237 e. The van der Waals surface area contributed by atoms with Crippen LogP contribution >= 0.6 is 0 Å². The molecule has 0 spiro atoms. The number of likely N-dealkylation sites (tertiary alicyclic amines) is 1. The first-order chi connectivity index (χ1) is 12.3. The number of nitriles is 1. The first kappa shape index (κ1) is 18.8. The molecule has 2 heterocycles. The van der Waals surface area contributed by atoms with Gasteiger partial charge in [0.05, 0.1) is 19.2 Å². The molecule has 26 heavy (non-hydrogen) atoms. The summed E-state index contributed by atoms with van der Waals surface area (Å²) in [5.41, 5.74) is -0.246. The Kier molecular flexibility index (Phi) is 5.02. The number of aromatic nitrogens is 3. The number of carbonyl (C=O) groups excluding carboxylic acids is 1. The summed E-state index contributed by atoms with van der Waals surface area (Å²) >= 11 is 0. The lowest BCUT2D eigenvalue weighted by Crippen LogP contribution is -2.56. The highest BCUT2D eigenvalue weighted by Crippen LogP contribution is 2.50. The van der Waals surface area contributed by atoms with Gasteiger partial charge < -0.3 is 4.90 Å². The van der Waals surface area contributed by atoms with Crippen LogP contribution < -0.4 is 0 Å². The van der Waals surface area contributed by atoms with Crippen molar-refractivity contribution in [2.24, 2.45) is 5.41 Å². The van der Waals surface area contributed by atoms with Crippen LogP contribution in [0.1, 0.15) is 39.5 Å². The van der Waals surface area contributed by atoms with Gasteiger partial charge in [-0.1, -0.05) is 13.3 Å². The molecule has 4 atom stereocenters. The van der Waals surface area contributed by atoms with Crippen LogP contribution in [0.3, 0.4) is 0 Å². The van der Waals surface area contributed by atoms with E-state index in [-0.39, 0.29) is 36.4 Å². The second-order valence-corrected chi connectivity index (χ2v) is 8.16. The minimum Gasteiger partial charge on any atom is -0.323 e. The molecule has 0 radical (unpaired) electrons. The van der Waals surface area contributed by atoms with Gasteiger partial charge in [0, 0.05) is 23.9 Å². The molecule has 1 saturated carbocycles. The number of amides is 1. The monoisotopic (exact) mass is 362 g/mol. The minimum atomic E-state index is -1.10. The maximum atomic E-state index is 13.6. The predicted octanol–water partition coefficient (Wildman–Crippen LogP) is 1.62. The second kappa shape index (κ2) is 6.95. The molecule has 8 heteroatoms. The molecule has 7 nitrogen and oxygen atoms in total. The zero-order valence-electron chi connectivity index (χ0n) is 15.7. The van der Waals surface area contributed by atoms with E-state index in [1.54, 1.807) is 6.33 Å². The third-order valence-electron chi connectivity index (χ3n) is 6.60. The van der Waals surface area contributed by atoms with Crippen molar-refractivity contribution >= 4 is 5.91 Å². The van der Waals surface area contributed by atoms with Crippen molar-refractivity contribution in [3.8, 4) is 6.07 Å². The number of carbonyl (C=O) groups is 1. The lowest BCUT2D eigenvalue weighted by Gasteiger charge is -2.47. The van der Waals surface area contributed by atoms with Crippen LogP contribution in [0.4, 0.5) is 4.39 Å². The van der Waals surface area contributed by atoms with Gasteiger partial charge in [0.15, 0.2) is 0 Å². The fraction of sp³-hybridized carbons (Fsp3) is 0.778. The Morgan fingerprint density at radius 1 is 1.46 bits per heavy atom. The molecule has 3 rings (SSSR count). The van der Waals surface area contributed by atoms with Crippen LogP contribution in [-0.4, -0.2) is 68.4 Å². The number of nitrogens with zero attached hydrogens (tertiary/aromatic N) is 6. The Bertz CT molecular complexity index is 688. The summed E-state index contributed by atoms with van der Waals surface area (Å²) in [5.74, 6) is -0.171. The van der Waals surface area contributed by atoms with Crippen molar-refractivity contribution in [1.82, 2.24) is 24.6 Å². The fourth-order valence-corrected chi connectivity index (χ4v) is 4.62. The summed E-state index contributed by atoms with van der Waals surface area (Å²) in [7, 11) is 1.95. The standard InChI is InChI=1S/C18H27FN6O/c1-17(11-24-13-21-12-22-24)5-4-6-18(17,2)23(3)10-16(26)25-9-14(19)7-15(25)8-20/h12-15H,4-7,9-11H2,1-3H3/t14-,15?,17-,18-/m0/s1. The Morgan fingerprint density at radius 3 is 2.88 bits per heavy atom. The van der Waals surface area contributed by atoms with Crippen LogP contribution in [0.15, 0.2) is 12.7 Å². The molecule has 0 aromatic carbocycles. The van der Waals surface area contributed by atoms with Crippen LogP contribution in [0.2, 0.25) is 0 Å². The number of halogens is 1. The van der Waals surface area contributed by atoms with Crippen molar-refractivity contribution in [3.63, 3.8) is 0 Å². The van der Waals surface area contributed by atoms with Gasteiger partial charge in [0.2, 0.25) is 5.91 Å². The van der Waals surface area contributed by atoms with E-state index in [0.717, 1.165) is 25.8 Å². The molecule has 1 amide bonds. The Morgan fingerprint density at radius 2 is 2.23 bits per heavy atom. The van der Waals surface area contributed by atoms with Gasteiger partial charge in [-0.3, -0.25) is 14.4 Å². The van der Waals surface area contributed by atoms with E-state index < -0.39 is 12.2 Å². The molecule has 0 bridgehead atoms. The topological polar surface area (TPSA) is 78.0 Å². The molecule has 1 aromatic heterocycles. The molecule has 1 aliphatic heterocycles. The smallest absolute Gasteiger partial charge is 0.237 e. The summed E-state index contributed by atoms with van der Waals surface area (Å²) < 4.78 is 15.5. The number of hydrogen-bond donors (Lipinski definition) is 0. The number of hydrogen-bond acceptors (Lipinski definition) is 5. The average Bonchev–Trinajstić information content (AvgIpc) is 3.29. The maximum absolute atomic E-state index is 13.6. The molecule has 2 fully saturated rings. The Balaban J connectivity index is 1.72. The number of likely N-dealkylation sites (N-methyl/N-ethyl adjacent to an activating group) is 1. The zero-order chi connectivity index (χ0) is 18.9. The lowest BCUT2D eigenvalue weighted by molar-refractivity contribution is -0.135. The van der Waals surface area contributed by atoms with E-state index >= 15 is 0 Å². The molecule has 1 saturated heterocycles. The van der Waals surface area contributed by atoms with Gasteiger partial charge in [-0.15, -0.1) is 0 Å². The third kappa shape index (κ3) is 3.20. The second-order valence-electron chi connectivity index (χ2n) is 8.16. The van der Waals surface area contributed by atoms with Crippen molar-refractivity contribution in [2.45, 2.75) is 63.8 Å². The highest BCUT2D eigenvalue weighted by molar-refractivity contribution is 5.79. The minimum absolute atomic E-state index is 0.0256. The molecule has 1 aromatic rings. The Hall–Kier alpha value is -2.01. The highest BCUT2D eigenvalue weighted by Gasteiger charge is 2.51. The summed E-state index contributed by atoms with van der Waals surface area (Å²) in [6.45, 7) is 5.37. The van der Waals surface area contributed by atoms with E-state index in [9.17, 15) is 14.4 Å². The molecule has 142 valence electrons. The van der Waals surface area contributed by atoms with Crippen molar-refractivity contribution < 1.29 is 9.18 Å². The van der Waals surface area contributed by atoms with Crippen molar-refractivity contribution in [1.29, 1.82) is 5.26 Å². The van der Waals surface area contributed by atoms with Crippen LogP contribution in [0.5, 0.6) is 0 Å². The first-order valence-corrected chi connectivity index (χ1v) is 9.16. The zero-order valence-corrected chi connectivity index (χ0v) is 15.7. The molecular formula is C18H27FN6O.